The number of carbonyl (C=O) groups excluding carboxylic acids is 1. The zero-order valence-electron chi connectivity index (χ0n) is 10.1. The van der Waals surface area contributed by atoms with Gasteiger partial charge in [-0.3, -0.25) is 4.79 Å². The Bertz CT molecular complexity index is 549. The maximum Gasteiger partial charge on any atom is 0.242 e. The molecule has 0 spiro atoms. The van der Waals surface area contributed by atoms with E-state index in [1.54, 1.807) is 0 Å². The zero-order chi connectivity index (χ0) is 13.0. The summed E-state index contributed by atoms with van der Waals surface area (Å²) in [6.07, 6.45) is 1.43. The van der Waals surface area contributed by atoms with Gasteiger partial charge in [-0.2, -0.15) is 0 Å². The summed E-state index contributed by atoms with van der Waals surface area (Å²) in [6.45, 7) is 2.64. The van der Waals surface area contributed by atoms with E-state index < -0.39 is 0 Å². The van der Waals surface area contributed by atoms with Gasteiger partial charge < -0.3 is 11.1 Å². The van der Waals surface area contributed by atoms with Crippen molar-refractivity contribution in [2.45, 2.75) is 20.0 Å². The number of hydrogen-bond acceptors (Lipinski definition) is 4. The largest absolute Gasteiger partial charge is 0.367 e. The van der Waals surface area contributed by atoms with Gasteiger partial charge in [0.15, 0.2) is 0 Å². The molecule has 2 aromatic rings. The highest BCUT2D eigenvalue weighted by Crippen LogP contribution is 2.03. The molecule has 0 saturated carbocycles. The molecule has 0 aliphatic rings. The molecule has 6 heteroatoms. The van der Waals surface area contributed by atoms with Crippen molar-refractivity contribution in [1.82, 2.24) is 20.1 Å². The molecule has 0 unspecified atom stereocenters. The minimum atomic E-state index is -0.124. The molecule has 1 amide bonds. The van der Waals surface area contributed by atoms with Crippen molar-refractivity contribution in [1.29, 1.82) is 0 Å². The second-order valence-corrected chi connectivity index (χ2v) is 4.07. The van der Waals surface area contributed by atoms with Crippen LogP contribution < -0.4 is 11.1 Å². The number of nitrogens with one attached hydrogen (secondary N) is 1. The molecule has 0 aliphatic heterocycles. The van der Waals surface area contributed by atoms with Crippen molar-refractivity contribution in [2.75, 3.05) is 5.73 Å². The van der Waals surface area contributed by atoms with E-state index in [4.69, 9.17) is 5.73 Å². The molecule has 1 aromatic carbocycles. The van der Waals surface area contributed by atoms with E-state index in [2.05, 4.69) is 15.4 Å². The minimum Gasteiger partial charge on any atom is -0.367 e. The van der Waals surface area contributed by atoms with Gasteiger partial charge in [-0.15, -0.1) is 5.10 Å². The maximum atomic E-state index is 11.6. The van der Waals surface area contributed by atoms with Crippen LogP contribution in [0.15, 0.2) is 30.6 Å². The van der Waals surface area contributed by atoms with Crippen molar-refractivity contribution in [3.63, 3.8) is 0 Å². The Kier molecular flexibility index (Phi) is 3.57. The van der Waals surface area contributed by atoms with Gasteiger partial charge in [-0.1, -0.05) is 29.8 Å². The summed E-state index contributed by atoms with van der Waals surface area (Å²) in [7, 11) is 0. The maximum absolute atomic E-state index is 11.6. The van der Waals surface area contributed by atoms with Crippen LogP contribution in [0.1, 0.15) is 11.1 Å². The van der Waals surface area contributed by atoms with Crippen LogP contribution in [0.25, 0.3) is 0 Å². The fourth-order valence-electron chi connectivity index (χ4n) is 1.61. The number of hydrogen-bond donors (Lipinski definition) is 2. The van der Waals surface area contributed by atoms with Crippen molar-refractivity contribution < 1.29 is 4.79 Å². The predicted octanol–water partition coefficient (Wildman–Crippen LogP) is 0.485. The van der Waals surface area contributed by atoms with E-state index in [0.717, 1.165) is 5.56 Å². The van der Waals surface area contributed by atoms with E-state index in [1.807, 2.05) is 31.2 Å². The highest BCUT2D eigenvalue weighted by Gasteiger charge is 2.04. The topological polar surface area (TPSA) is 85.8 Å². The first-order chi connectivity index (χ1) is 8.63. The number of carbonyl (C=O) groups is 1. The molecule has 3 N–H and O–H groups in total. The standard InChI is InChI=1S/C12H15N5O/c1-9-3-2-4-10(5-9)6-14-11(18)7-17-8-15-12(13)16-17/h2-5,8H,6-7H2,1H3,(H2,13,16)(H,14,18). The lowest BCUT2D eigenvalue weighted by atomic mass is 10.1. The fraction of sp³-hybridized carbons (Fsp3) is 0.250. The van der Waals surface area contributed by atoms with Crippen molar-refractivity contribution in [3.05, 3.63) is 41.7 Å². The molecule has 0 fully saturated rings. The number of nitrogens with zero attached hydrogens (tertiary/aromatic N) is 3. The number of rotatable bonds is 4. The molecule has 0 aliphatic carbocycles. The summed E-state index contributed by atoms with van der Waals surface area (Å²) in [5.74, 6) is 0.0443. The van der Waals surface area contributed by atoms with Crippen LogP contribution in [0, 0.1) is 6.92 Å². The van der Waals surface area contributed by atoms with Crippen LogP contribution >= 0.6 is 0 Å². The first-order valence-electron chi connectivity index (χ1n) is 5.60. The number of amides is 1. The van der Waals surface area contributed by atoms with Gasteiger partial charge in [-0.25, -0.2) is 9.67 Å². The van der Waals surface area contributed by atoms with Crippen LogP contribution in [0.5, 0.6) is 0 Å². The lowest BCUT2D eigenvalue weighted by molar-refractivity contribution is -0.122. The third kappa shape index (κ3) is 3.31. The van der Waals surface area contributed by atoms with E-state index >= 15 is 0 Å². The molecule has 0 saturated heterocycles. The van der Waals surface area contributed by atoms with Gasteiger partial charge >= 0.3 is 0 Å². The monoisotopic (exact) mass is 245 g/mol. The summed E-state index contributed by atoms with van der Waals surface area (Å²) < 4.78 is 1.40. The number of aromatic nitrogens is 3. The molecule has 94 valence electrons. The Hall–Kier alpha value is -2.37. The summed E-state index contributed by atoms with van der Waals surface area (Å²) in [4.78, 5) is 15.4. The summed E-state index contributed by atoms with van der Waals surface area (Å²) in [5.41, 5.74) is 7.60. The smallest absolute Gasteiger partial charge is 0.242 e. The van der Waals surface area contributed by atoms with Gasteiger partial charge in [0, 0.05) is 6.54 Å². The predicted molar refractivity (Wildman–Crippen MR) is 67.5 cm³/mol. The Morgan fingerprint density at radius 2 is 2.33 bits per heavy atom. The molecule has 0 radical (unpaired) electrons. The van der Waals surface area contributed by atoms with Crippen molar-refractivity contribution >= 4 is 11.9 Å². The van der Waals surface area contributed by atoms with E-state index in [9.17, 15) is 4.79 Å². The molecule has 1 aromatic heterocycles. The number of anilines is 1. The van der Waals surface area contributed by atoms with Crippen LogP contribution in [0.2, 0.25) is 0 Å². The normalized spacial score (nSPS) is 10.3. The summed E-state index contributed by atoms with van der Waals surface area (Å²) in [5, 5.41) is 6.66. The SMILES string of the molecule is Cc1cccc(CNC(=O)Cn2cnc(N)n2)c1. The van der Waals surface area contributed by atoms with Gasteiger partial charge in [0.2, 0.25) is 11.9 Å². The second kappa shape index (κ2) is 5.31. The van der Waals surface area contributed by atoms with Crippen LogP contribution in [-0.2, 0) is 17.9 Å². The lowest BCUT2D eigenvalue weighted by Crippen LogP contribution is -2.27. The highest BCUT2D eigenvalue weighted by molar-refractivity contribution is 5.75. The third-order valence-corrected chi connectivity index (χ3v) is 2.43. The first-order valence-corrected chi connectivity index (χ1v) is 5.60. The summed E-state index contributed by atoms with van der Waals surface area (Å²) in [6, 6.07) is 7.99. The first kappa shape index (κ1) is 12.1. The molecule has 0 bridgehead atoms. The molecule has 2 rings (SSSR count). The number of nitrogens with two attached hydrogens (primary N) is 1. The van der Waals surface area contributed by atoms with Crippen molar-refractivity contribution in [2.24, 2.45) is 0 Å². The quantitative estimate of drug-likeness (QED) is 0.820. The molecule has 1 heterocycles. The van der Waals surface area contributed by atoms with Crippen molar-refractivity contribution in [3.8, 4) is 0 Å². The van der Waals surface area contributed by atoms with E-state index in [0.29, 0.717) is 6.54 Å². The van der Waals surface area contributed by atoms with Crippen LogP contribution in [-0.4, -0.2) is 20.7 Å². The number of aryl methyl sites for hydroxylation is 1. The molecule has 18 heavy (non-hydrogen) atoms. The van der Waals surface area contributed by atoms with Gasteiger partial charge in [-0.05, 0) is 12.5 Å². The molecular formula is C12H15N5O. The zero-order valence-corrected chi connectivity index (χ0v) is 10.1. The van der Waals surface area contributed by atoms with Gasteiger partial charge in [0.05, 0.1) is 0 Å². The Morgan fingerprint density at radius 1 is 1.50 bits per heavy atom. The number of nitrogen functional groups attached to an aromatic ring is 1. The number of benzene rings is 1. The molecule has 6 nitrogen and oxygen atoms in total. The average Bonchev–Trinajstić information content (AvgIpc) is 2.72. The lowest BCUT2D eigenvalue weighted by Gasteiger charge is -2.05. The van der Waals surface area contributed by atoms with E-state index in [1.165, 1.54) is 16.6 Å². The average molecular weight is 245 g/mol. The van der Waals surface area contributed by atoms with E-state index in [-0.39, 0.29) is 18.4 Å². The van der Waals surface area contributed by atoms with Crippen LogP contribution in [0.3, 0.4) is 0 Å². The van der Waals surface area contributed by atoms with Crippen LogP contribution in [0.4, 0.5) is 5.95 Å². The highest BCUT2D eigenvalue weighted by atomic mass is 16.2. The molecule has 0 atom stereocenters. The minimum absolute atomic E-state index is 0.121. The van der Waals surface area contributed by atoms with Gasteiger partial charge in [0.25, 0.3) is 0 Å². The second-order valence-electron chi connectivity index (χ2n) is 4.07. The fourth-order valence-corrected chi connectivity index (χ4v) is 1.61. The summed E-state index contributed by atoms with van der Waals surface area (Å²) >= 11 is 0. The Balaban J connectivity index is 1.85. The Morgan fingerprint density at radius 3 is 3.00 bits per heavy atom. The van der Waals surface area contributed by atoms with Gasteiger partial charge in [0.1, 0.15) is 12.9 Å². The Labute approximate surface area is 105 Å². The third-order valence-electron chi connectivity index (χ3n) is 2.43. The molecular weight excluding hydrogens is 230 g/mol.